The van der Waals surface area contributed by atoms with Gasteiger partial charge in [0.05, 0.1) is 50.7 Å². The van der Waals surface area contributed by atoms with Gasteiger partial charge in [-0.15, -0.1) is 0 Å². The molecule has 0 radical (unpaired) electrons. The first-order valence-corrected chi connectivity index (χ1v) is 22.5. The third-order valence-corrected chi connectivity index (χ3v) is 12.4. The highest BCUT2D eigenvalue weighted by atomic mass is 19.4. The number of rotatable bonds is 9. The first-order chi connectivity index (χ1) is 36.1. The number of Topliss-reactive ketones (excluding diaryl/α,β-unsaturated/α-hetero) is 1. The Morgan fingerprint density at radius 2 is 0.734 bits per heavy atom. The molecule has 5 aromatic carbocycles. The molecular formula is C50H33BF24N2O2. The molecule has 1 heterocycles. The number of hydrogen-bond acceptors (Lipinski definition) is 3. The Labute approximate surface area is 429 Å². The lowest BCUT2D eigenvalue weighted by Crippen LogP contribution is -2.75. The molecule has 6 aromatic rings. The van der Waals surface area contributed by atoms with E-state index in [1.165, 1.54) is 19.3 Å². The van der Waals surface area contributed by atoms with Crippen LogP contribution in [0.25, 0.3) is 0 Å². The Morgan fingerprint density at radius 1 is 0.443 bits per heavy atom. The number of nitrogens with zero attached hydrogens (tertiary/aromatic N) is 2. The van der Waals surface area contributed by atoms with Crippen molar-refractivity contribution in [3.8, 4) is 5.88 Å². The molecular weight excluding hydrogens is 1130 g/mol. The van der Waals surface area contributed by atoms with Crippen molar-refractivity contribution in [2.75, 3.05) is 0 Å². The van der Waals surface area contributed by atoms with E-state index in [4.69, 9.17) is 4.74 Å². The Bertz CT molecular complexity index is 2690. The molecule has 0 N–H and O–H groups in total. The monoisotopic (exact) mass is 1160 g/mol. The van der Waals surface area contributed by atoms with Crippen LogP contribution in [0.5, 0.6) is 5.88 Å². The van der Waals surface area contributed by atoms with Crippen LogP contribution >= 0.6 is 0 Å². The molecule has 0 unspecified atom stereocenters. The summed E-state index contributed by atoms with van der Waals surface area (Å²) in [5, 5.41) is 0. The summed E-state index contributed by atoms with van der Waals surface area (Å²) < 4.78 is 349. The Morgan fingerprint density at radius 3 is 1.01 bits per heavy atom. The highest BCUT2D eigenvalue weighted by molar-refractivity contribution is 7.20. The normalized spacial score (nSPS) is 14.6. The maximum Gasteiger partial charge on any atom is 0.416 e. The van der Waals surface area contributed by atoms with Gasteiger partial charge in [-0.25, -0.2) is 4.98 Å². The summed E-state index contributed by atoms with van der Waals surface area (Å²) in [6, 6.07) is 0.527. The van der Waals surface area contributed by atoms with E-state index >= 15 is 0 Å². The van der Waals surface area contributed by atoms with Crippen LogP contribution < -0.4 is 31.2 Å². The summed E-state index contributed by atoms with van der Waals surface area (Å²) in [5.74, 6) is 0.690. The summed E-state index contributed by atoms with van der Waals surface area (Å²) in [5.41, 5.74) is -29.5. The van der Waals surface area contributed by atoms with Crippen LogP contribution in [0.3, 0.4) is 0 Å². The number of alkyl halides is 24. The lowest BCUT2D eigenvalue weighted by Gasteiger charge is -2.46. The van der Waals surface area contributed by atoms with Crippen molar-refractivity contribution < 1.29 is 119 Å². The van der Waals surface area contributed by atoms with Crippen molar-refractivity contribution in [1.82, 2.24) is 4.98 Å². The number of aromatic nitrogens is 2. The predicted molar refractivity (Wildman–Crippen MR) is 233 cm³/mol. The smallest absolute Gasteiger partial charge is 0.416 e. The highest BCUT2D eigenvalue weighted by Gasteiger charge is 2.47. The predicted octanol–water partition coefficient (Wildman–Crippen LogP) is 14.2. The van der Waals surface area contributed by atoms with Gasteiger partial charge in [0.15, 0.2) is 6.20 Å². The van der Waals surface area contributed by atoms with Crippen LogP contribution in [0.1, 0.15) is 87.0 Å². The summed E-state index contributed by atoms with van der Waals surface area (Å²) in [4.78, 5) is 16.5. The van der Waals surface area contributed by atoms with Crippen molar-refractivity contribution in [1.29, 1.82) is 0 Å². The second-order valence-electron chi connectivity index (χ2n) is 18.0. The van der Waals surface area contributed by atoms with Crippen LogP contribution in [-0.4, -0.2) is 23.0 Å². The van der Waals surface area contributed by atoms with Gasteiger partial charge in [-0.1, -0.05) is 85.3 Å². The van der Waals surface area contributed by atoms with Crippen molar-refractivity contribution in [2.45, 2.75) is 94.2 Å². The Hall–Kier alpha value is -6.97. The minimum Gasteiger partial charge on any atom is -0.470 e. The molecule has 29 heteroatoms. The number of carbonyl (C=O) groups is 1. The van der Waals surface area contributed by atoms with Crippen molar-refractivity contribution >= 4 is 33.8 Å². The maximum absolute atomic E-state index is 14.2. The van der Waals surface area contributed by atoms with Crippen molar-refractivity contribution in [2.24, 2.45) is 0 Å². The van der Waals surface area contributed by atoms with Gasteiger partial charge in [-0.05, 0) is 49.9 Å². The van der Waals surface area contributed by atoms with Gasteiger partial charge in [0.2, 0.25) is 18.5 Å². The molecule has 1 aliphatic carbocycles. The van der Waals surface area contributed by atoms with Gasteiger partial charge < -0.3 is 4.74 Å². The van der Waals surface area contributed by atoms with Crippen LogP contribution in [-0.2, 0) is 56.0 Å². The largest absolute Gasteiger partial charge is 0.470 e. The van der Waals surface area contributed by atoms with E-state index in [9.17, 15) is 110 Å². The average Bonchev–Trinajstić information content (AvgIpc) is 3.54. The number of ether oxygens (including phenoxy) is 1. The Balaban J connectivity index is 0.000000378. The van der Waals surface area contributed by atoms with Gasteiger partial charge >= 0.3 is 49.4 Å². The molecule has 0 amide bonds. The minimum absolute atomic E-state index is 0.0837. The number of benzene rings is 5. The second-order valence-corrected chi connectivity index (χ2v) is 18.0. The molecule has 1 fully saturated rings. The van der Waals surface area contributed by atoms with Gasteiger partial charge in [-0.2, -0.15) is 132 Å². The lowest BCUT2D eigenvalue weighted by atomic mass is 9.12. The maximum atomic E-state index is 14.2. The molecule has 1 saturated carbocycles. The molecule has 0 bridgehead atoms. The number of carbonyl (C=O) groups excluding carboxylic acids is 1. The first-order valence-electron chi connectivity index (χ1n) is 22.5. The fraction of sp³-hybridized carbons (Fsp3) is 0.300. The molecule has 7 rings (SSSR count). The molecule has 79 heavy (non-hydrogen) atoms. The van der Waals surface area contributed by atoms with Gasteiger partial charge in [-0.3, -0.25) is 4.79 Å². The van der Waals surface area contributed by atoms with Gasteiger partial charge in [0.1, 0.15) is 12.2 Å². The van der Waals surface area contributed by atoms with Crippen LogP contribution in [0.2, 0.25) is 0 Å². The second kappa shape index (κ2) is 21.9. The molecule has 0 aliphatic heterocycles. The Kier molecular flexibility index (Phi) is 17.0. The van der Waals surface area contributed by atoms with Gasteiger partial charge in [0.25, 0.3) is 5.88 Å². The van der Waals surface area contributed by atoms with E-state index in [0.717, 1.165) is 18.4 Å². The molecule has 0 atom stereocenters. The number of ketones is 1. The van der Waals surface area contributed by atoms with E-state index in [-0.39, 0.29) is 11.9 Å². The van der Waals surface area contributed by atoms with E-state index in [1.807, 2.05) is 41.1 Å². The molecule has 4 nitrogen and oxygen atoms in total. The minimum atomic E-state index is -6.13. The summed E-state index contributed by atoms with van der Waals surface area (Å²) >= 11 is 0. The first kappa shape index (κ1) is 61.3. The van der Waals surface area contributed by atoms with E-state index in [1.54, 1.807) is 12.4 Å². The third kappa shape index (κ3) is 14.8. The molecule has 1 aromatic heterocycles. The molecule has 0 saturated heterocycles. The zero-order valence-corrected chi connectivity index (χ0v) is 39.2. The SMILES string of the molecule is FC(F)(F)c1cc([B-](c2cc(C(F)(F)F)cc(C(F)(F)F)c2)(c2cc(C(F)(F)F)cc(C(F)(F)F)c2)c2cc(C(F)(F)F)cc(C(F)(F)F)c2)cc(C(F)(F)F)c1.O=C(C[n+]1ccnc(OC2CCCCC2)c1)c1ccccc1. The fourth-order valence-electron chi connectivity index (χ4n) is 8.88. The standard InChI is InChI=1S/C32H12BF24.C18H21N2O2/c34-25(35,36)13-1-14(26(37,38)39)6-21(5-13)33(22-7-15(27(40,41)42)2-16(8-22)28(43,44)45,23-9-17(29(46,47)48)3-18(10-23)30(49,50)51)24-11-19(31(52,53)54)4-20(12-24)32(55,56)57;21-17(15-7-3-1-4-8-15)13-20-12-11-19-18(14-20)22-16-9-5-2-6-10-16/h1-12H;1,3-4,7-8,11-12,14,16H,2,5-6,9-10,13H2/q-1;+1. The van der Waals surface area contributed by atoms with E-state index in [2.05, 4.69) is 4.98 Å². The van der Waals surface area contributed by atoms with Crippen molar-refractivity contribution in [3.63, 3.8) is 0 Å². The van der Waals surface area contributed by atoms with Crippen LogP contribution in [0.4, 0.5) is 105 Å². The van der Waals surface area contributed by atoms with E-state index in [0.29, 0.717) is 12.4 Å². The van der Waals surface area contributed by atoms with Crippen LogP contribution in [0.15, 0.2) is 122 Å². The highest BCUT2D eigenvalue weighted by Crippen LogP contribution is 2.41. The van der Waals surface area contributed by atoms with Crippen LogP contribution in [0, 0.1) is 0 Å². The quantitative estimate of drug-likeness (QED) is 0.0627. The molecule has 0 spiro atoms. The number of halogens is 24. The topological polar surface area (TPSA) is 43.1 Å². The summed E-state index contributed by atoms with van der Waals surface area (Å²) in [7, 11) is 0. The zero-order chi connectivity index (χ0) is 59.1. The van der Waals surface area contributed by atoms with Gasteiger partial charge in [0, 0.05) is 5.56 Å². The summed E-state index contributed by atoms with van der Waals surface area (Å²) in [6.07, 6.45) is -43.3. The fourth-order valence-corrected chi connectivity index (χ4v) is 8.88. The zero-order valence-electron chi connectivity index (χ0n) is 39.2. The lowest BCUT2D eigenvalue weighted by molar-refractivity contribution is -0.684. The average molecular weight is 1160 g/mol. The molecule has 426 valence electrons. The van der Waals surface area contributed by atoms with Crippen molar-refractivity contribution in [3.05, 3.63) is 172 Å². The molecule has 1 aliphatic rings. The van der Waals surface area contributed by atoms with E-state index < -0.39 is 195 Å². The summed E-state index contributed by atoms with van der Waals surface area (Å²) in [6.45, 7) is 0.299. The third-order valence-electron chi connectivity index (χ3n) is 12.4. The number of hydrogen-bond donors (Lipinski definition) is 0.